The number of amides is 2. The number of methoxy groups -OCH3 is 2. The number of rotatable bonds is 6. The zero-order valence-corrected chi connectivity index (χ0v) is 18.1. The molecule has 1 fully saturated rings. The van der Waals surface area contributed by atoms with Gasteiger partial charge in [0.1, 0.15) is 16.4 Å². The molecule has 0 bridgehead atoms. The minimum absolute atomic E-state index is 0.0405. The summed E-state index contributed by atoms with van der Waals surface area (Å²) in [5, 5.41) is 0. The van der Waals surface area contributed by atoms with Crippen molar-refractivity contribution < 1.29 is 27.5 Å². The second-order valence-corrected chi connectivity index (χ2v) is 8.85. The zero-order valence-electron chi connectivity index (χ0n) is 15.7. The SMILES string of the molecule is COc1ccc(N2CC(C(=O)NS(=O)(=O)c3ccccc3Br)CC2=O)c(OC)c1. The number of hydrogen-bond acceptors (Lipinski definition) is 6. The molecular weight excluding hydrogens is 464 g/mol. The fourth-order valence-corrected chi connectivity index (χ4v) is 5.11. The van der Waals surface area contributed by atoms with Crippen LogP contribution in [0, 0.1) is 5.92 Å². The van der Waals surface area contributed by atoms with E-state index in [-0.39, 0.29) is 23.8 Å². The molecule has 1 aliphatic heterocycles. The van der Waals surface area contributed by atoms with Gasteiger partial charge in [-0.05, 0) is 40.2 Å². The van der Waals surface area contributed by atoms with E-state index in [1.807, 2.05) is 0 Å². The molecule has 1 atom stereocenters. The molecule has 10 heteroatoms. The van der Waals surface area contributed by atoms with Crippen LogP contribution in [-0.4, -0.2) is 41.0 Å². The van der Waals surface area contributed by atoms with Gasteiger partial charge in [0, 0.05) is 23.5 Å². The quantitative estimate of drug-likeness (QED) is 0.677. The second kappa shape index (κ2) is 8.42. The van der Waals surface area contributed by atoms with Crippen molar-refractivity contribution in [3.63, 3.8) is 0 Å². The number of carbonyl (C=O) groups excluding carboxylic acids is 2. The molecule has 1 aliphatic rings. The second-order valence-electron chi connectivity index (χ2n) is 6.34. The van der Waals surface area contributed by atoms with Gasteiger partial charge in [-0.25, -0.2) is 13.1 Å². The predicted molar refractivity (Wildman–Crippen MR) is 109 cm³/mol. The van der Waals surface area contributed by atoms with E-state index in [1.54, 1.807) is 36.4 Å². The van der Waals surface area contributed by atoms with Gasteiger partial charge >= 0.3 is 0 Å². The van der Waals surface area contributed by atoms with Crippen LogP contribution < -0.4 is 19.1 Å². The molecule has 1 unspecified atom stereocenters. The number of nitrogens with zero attached hydrogens (tertiary/aromatic N) is 1. The van der Waals surface area contributed by atoms with Gasteiger partial charge in [0.2, 0.25) is 11.8 Å². The van der Waals surface area contributed by atoms with Gasteiger partial charge in [-0.15, -0.1) is 0 Å². The fraction of sp³-hybridized carbons (Fsp3) is 0.263. The van der Waals surface area contributed by atoms with Crippen LogP contribution in [0.2, 0.25) is 0 Å². The lowest BCUT2D eigenvalue weighted by molar-refractivity contribution is -0.124. The lowest BCUT2D eigenvalue weighted by Gasteiger charge is -2.20. The van der Waals surface area contributed by atoms with Gasteiger partial charge in [-0.3, -0.25) is 9.59 Å². The Morgan fingerprint density at radius 2 is 1.90 bits per heavy atom. The highest BCUT2D eigenvalue weighted by Crippen LogP contribution is 2.36. The lowest BCUT2D eigenvalue weighted by Crippen LogP contribution is -2.37. The maximum atomic E-state index is 12.6. The van der Waals surface area contributed by atoms with Crippen molar-refractivity contribution >= 4 is 43.5 Å². The molecule has 0 saturated carbocycles. The van der Waals surface area contributed by atoms with Crippen molar-refractivity contribution in [3.05, 3.63) is 46.9 Å². The third-order valence-electron chi connectivity index (χ3n) is 4.53. The minimum Gasteiger partial charge on any atom is -0.497 e. The number of hydrogen-bond donors (Lipinski definition) is 1. The van der Waals surface area contributed by atoms with E-state index in [1.165, 1.54) is 25.2 Å². The van der Waals surface area contributed by atoms with E-state index in [0.717, 1.165) is 0 Å². The molecule has 0 spiro atoms. The molecule has 154 valence electrons. The van der Waals surface area contributed by atoms with Crippen LogP contribution in [0.15, 0.2) is 51.8 Å². The van der Waals surface area contributed by atoms with E-state index < -0.39 is 21.8 Å². The topological polar surface area (TPSA) is 102 Å². The molecule has 3 rings (SSSR count). The van der Waals surface area contributed by atoms with Crippen LogP contribution in [0.1, 0.15) is 6.42 Å². The molecule has 0 aromatic heterocycles. The highest BCUT2D eigenvalue weighted by atomic mass is 79.9. The average molecular weight is 483 g/mol. The minimum atomic E-state index is -4.07. The van der Waals surface area contributed by atoms with Crippen LogP contribution in [0.5, 0.6) is 11.5 Å². The number of sulfonamides is 1. The number of nitrogens with one attached hydrogen (secondary N) is 1. The Hall–Kier alpha value is -2.59. The number of ether oxygens (including phenoxy) is 2. The first-order valence-electron chi connectivity index (χ1n) is 8.60. The Labute approximate surface area is 177 Å². The fourth-order valence-electron chi connectivity index (χ4n) is 3.06. The summed E-state index contributed by atoms with van der Waals surface area (Å²) in [5.74, 6) is -0.867. The first-order valence-corrected chi connectivity index (χ1v) is 10.9. The zero-order chi connectivity index (χ0) is 21.2. The molecule has 1 saturated heterocycles. The molecule has 2 aromatic carbocycles. The van der Waals surface area contributed by atoms with Crippen molar-refractivity contribution in [1.82, 2.24) is 4.72 Å². The molecule has 1 heterocycles. The first kappa shape index (κ1) is 21.1. The number of carbonyl (C=O) groups is 2. The largest absolute Gasteiger partial charge is 0.497 e. The predicted octanol–water partition coefficient (Wildman–Crippen LogP) is 2.32. The Balaban J connectivity index is 1.78. The lowest BCUT2D eigenvalue weighted by atomic mass is 10.1. The smallest absolute Gasteiger partial charge is 0.265 e. The summed E-state index contributed by atoms with van der Waals surface area (Å²) in [5.41, 5.74) is 0.488. The molecule has 2 aromatic rings. The maximum Gasteiger partial charge on any atom is 0.265 e. The molecule has 8 nitrogen and oxygen atoms in total. The first-order chi connectivity index (χ1) is 13.8. The van der Waals surface area contributed by atoms with Gasteiger partial charge in [-0.2, -0.15) is 0 Å². The number of anilines is 1. The van der Waals surface area contributed by atoms with E-state index in [2.05, 4.69) is 20.7 Å². The van der Waals surface area contributed by atoms with E-state index in [0.29, 0.717) is 21.7 Å². The highest BCUT2D eigenvalue weighted by molar-refractivity contribution is 9.10. The van der Waals surface area contributed by atoms with Gasteiger partial charge in [0.05, 0.1) is 25.8 Å². The van der Waals surface area contributed by atoms with Crippen LogP contribution >= 0.6 is 15.9 Å². The van der Waals surface area contributed by atoms with E-state index >= 15 is 0 Å². The van der Waals surface area contributed by atoms with E-state index in [4.69, 9.17) is 9.47 Å². The Morgan fingerprint density at radius 1 is 1.17 bits per heavy atom. The average Bonchev–Trinajstić information content (AvgIpc) is 3.09. The molecule has 0 aliphatic carbocycles. The summed E-state index contributed by atoms with van der Waals surface area (Å²) in [6, 6.07) is 11.1. The third kappa shape index (κ3) is 4.38. The summed E-state index contributed by atoms with van der Waals surface area (Å²) in [6.45, 7) is 0.0405. The van der Waals surface area contributed by atoms with Crippen LogP contribution in [0.3, 0.4) is 0 Å². The Bertz CT molecular complexity index is 1060. The molecule has 29 heavy (non-hydrogen) atoms. The van der Waals surface area contributed by atoms with Crippen molar-refractivity contribution in [2.24, 2.45) is 5.92 Å². The van der Waals surface area contributed by atoms with Crippen molar-refractivity contribution in [2.75, 3.05) is 25.7 Å². The van der Waals surface area contributed by atoms with Crippen molar-refractivity contribution in [3.8, 4) is 11.5 Å². The third-order valence-corrected chi connectivity index (χ3v) is 6.89. The summed E-state index contributed by atoms with van der Waals surface area (Å²) in [7, 11) is -1.09. The molecule has 0 radical (unpaired) electrons. The summed E-state index contributed by atoms with van der Waals surface area (Å²) in [4.78, 5) is 26.5. The van der Waals surface area contributed by atoms with Gasteiger partial charge < -0.3 is 14.4 Å². The van der Waals surface area contributed by atoms with Crippen molar-refractivity contribution in [1.29, 1.82) is 0 Å². The Morgan fingerprint density at radius 3 is 2.55 bits per heavy atom. The molecular formula is C19H19BrN2O6S. The number of benzene rings is 2. The van der Waals surface area contributed by atoms with Gasteiger partial charge in [0.25, 0.3) is 10.0 Å². The van der Waals surface area contributed by atoms with Gasteiger partial charge in [-0.1, -0.05) is 12.1 Å². The van der Waals surface area contributed by atoms with Crippen LogP contribution in [-0.2, 0) is 19.6 Å². The summed E-state index contributed by atoms with van der Waals surface area (Å²) in [6.07, 6.45) is -0.105. The van der Waals surface area contributed by atoms with Crippen LogP contribution in [0.25, 0.3) is 0 Å². The van der Waals surface area contributed by atoms with E-state index in [9.17, 15) is 18.0 Å². The molecule has 2 amide bonds. The standard InChI is InChI=1S/C19H19BrN2O6S/c1-27-13-7-8-15(16(10-13)28-2)22-11-12(9-18(22)23)19(24)21-29(25,26)17-6-4-3-5-14(17)20/h3-8,10,12H,9,11H2,1-2H3,(H,21,24). The Kier molecular flexibility index (Phi) is 6.13. The summed E-state index contributed by atoms with van der Waals surface area (Å²) >= 11 is 3.17. The highest BCUT2D eigenvalue weighted by Gasteiger charge is 2.38. The normalized spacial score (nSPS) is 16.6. The molecule has 1 N–H and O–H groups in total. The maximum absolute atomic E-state index is 12.6. The number of halogens is 1. The monoisotopic (exact) mass is 482 g/mol. The van der Waals surface area contributed by atoms with Crippen LogP contribution in [0.4, 0.5) is 5.69 Å². The summed E-state index contributed by atoms with van der Waals surface area (Å²) < 4.78 is 37.9. The van der Waals surface area contributed by atoms with Gasteiger partial charge in [0.15, 0.2) is 0 Å². The van der Waals surface area contributed by atoms with Crippen molar-refractivity contribution in [2.45, 2.75) is 11.3 Å².